The summed E-state index contributed by atoms with van der Waals surface area (Å²) in [4.78, 5) is 4.00. The van der Waals surface area contributed by atoms with Gasteiger partial charge in [-0.2, -0.15) is 0 Å². The van der Waals surface area contributed by atoms with Gasteiger partial charge in [-0.05, 0) is 40.5 Å². The van der Waals surface area contributed by atoms with E-state index in [1.807, 2.05) is 6.07 Å². The third-order valence-electron chi connectivity index (χ3n) is 1.58. The summed E-state index contributed by atoms with van der Waals surface area (Å²) >= 11 is 3.22. The lowest BCUT2D eigenvalue weighted by Crippen LogP contribution is -2.06. The zero-order valence-corrected chi connectivity index (χ0v) is 8.16. The van der Waals surface area contributed by atoms with Crippen molar-refractivity contribution >= 4 is 15.9 Å². The van der Waals surface area contributed by atoms with Crippen LogP contribution in [0.1, 0.15) is 18.1 Å². The highest BCUT2D eigenvalue weighted by atomic mass is 79.9. The second-order valence-corrected chi connectivity index (χ2v) is 3.32. The lowest BCUT2D eigenvalue weighted by molar-refractivity contribution is 0.170. The molecule has 1 rings (SSSR count). The van der Waals surface area contributed by atoms with Gasteiger partial charge < -0.3 is 10.8 Å². The van der Waals surface area contributed by atoms with E-state index in [2.05, 4.69) is 20.9 Å². The maximum Gasteiger partial charge on any atom is 0.106 e. The zero-order valence-electron chi connectivity index (χ0n) is 6.57. The highest BCUT2D eigenvalue weighted by Gasteiger charge is 2.05. The molecule has 0 saturated heterocycles. The van der Waals surface area contributed by atoms with Gasteiger partial charge in [0.15, 0.2) is 0 Å². The molecule has 1 aromatic rings. The smallest absolute Gasteiger partial charge is 0.106 e. The number of halogens is 1. The molecule has 1 heterocycles. The van der Waals surface area contributed by atoms with E-state index in [4.69, 9.17) is 5.73 Å². The summed E-state index contributed by atoms with van der Waals surface area (Å²) in [5.41, 5.74) is 6.12. The first-order valence-electron chi connectivity index (χ1n) is 3.73. The van der Waals surface area contributed by atoms with E-state index in [0.717, 1.165) is 10.2 Å². The molecule has 0 bridgehead atoms. The normalized spacial score (nSPS) is 12.9. The van der Waals surface area contributed by atoms with Gasteiger partial charge in [0.25, 0.3) is 0 Å². The number of aliphatic hydroxyl groups excluding tert-OH is 1. The quantitative estimate of drug-likeness (QED) is 0.769. The van der Waals surface area contributed by atoms with Crippen LogP contribution in [0, 0.1) is 0 Å². The third kappa shape index (κ3) is 2.55. The number of nitrogens with zero attached hydrogens (tertiary/aromatic N) is 1. The van der Waals surface area contributed by atoms with E-state index in [1.165, 1.54) is 0 Å². The summed E-state index contributed by atoms with van der Waals surface area (Å²) in [7, 11) is 0. The lowest BCUT2D eigenvalue weighted by atomic mass is 10.1. The molecule has 0 spiro atoms. The molecule has 0 aliphatic heterocycles. The van der Waals surface area contributed by atoms with Crippen LogP contribution in [0.5, 0.6) is 0 Å². The molecule has 0 aliphatic rings. The van der Waals surface area contributed by atoms with E-state index in [-0.39, 0.29) is 0 Å². The minimum Gasteiger partial charge on any atom is -0.388 e. The van der Waals surface area contributed by atoms with E-state index in [9.17, 15) is 5.11 Å². The molecular weight excluding hydrogens is 220 g/mol. The Morgan fingerprint density at radius 2 is 2.33 bits per heavy atom. The molecule has 0 saturated carbocycles. The lowest BCUT2D eigenvalue weighted by Gasteiger charge is -2.07. The number of pyridine rings is 1. The predicted molar refractivity (Wildman–Crippen MR) is 50.6 cm³/mol. The number of rotatable bonds is 3. The molecular formula is C8H11BrN2O. The Balaban J connectivity index is 2.68. The molecule has 0 amide bonds. The van der Waals surface area contributed by atoms with Crippen LogP contribution in [0.15, 0.2) is 22.9 Å². The minimum atomic E-state index is -0.490. The van der Waals surface area contributed by atoms with Crippen molar-refractivity contribution in [3.05, 3.63) is 28.5 Å². The van der Waals surface area contributed by atoms with Crippen molar-refractivity contribution in [1.29, 1.82) is 0 Å². The number of aromatic nitrogens is 1. The van der Waals surface area contributed by atoms with E-state index in [1.54, 1.807) is 12.3 Å². The molecule has 3 nitrogen and oxygen atoms in total. The Bertz CT molecular complexity index is 237. The molecule has 0 aliphatic carbocycles. The molecule has 1 atom stereocenters. The summed E-state index contributed by atoms with van der Waals surface area (Å²) in [5.74, 6) is 0. The molecule has 12 heavy (non-hydrogen) atoms. The minimum absolute atomic E-state index is 0.483. The molecule has 0 fully saturated rings. The number of hydrogen-bond acceptors (Lipinski definition) is 3. The molecule has 66 valence electrons. The first kappa shape index (κ1) is 9.64. The fourth-order valence-corrected chi connectivity index (χ4v) is 1.14. The molecule has 0 radical (unpaired) electrons. The monoisotopic (exact) mass is 230 g/mol. The van der Waals surface area contributed by atoms with Crippen molar-refractivity contribution in [3.63, 3.8) is 0 Å². The Labute approximate surface area is 79.7 Å². The van der Waals surface area contributed by atoms with Gasteiger partial charge in [0.1, 0.15) is 4.60 Å². The van der Waals surface area contributed by atoms with E-state index >= 15 is 0 Å². The van der Waals surface area contributed by atoms with Crippen LogP contribution in [-0.4, -0.2) is 16.6 Å². The van der Waals surface area contributed by atoms with Gasteiger partial charge >= 0.3 is 0 Å². The number of hydrogen-bond donors (Lipinski definition) is 2. The molecule has 1 aromatic heterocycles. The fraction of sp³-hybridized carbons (Fsp3) is 0.375. The fourth-order valence-electron chi connectivity index (χ4n) is 0.909. The van der Waals surface area contributed by atoms with Crippen molar-refractivity contribution < 1.29 is 5.11 Å². The average Bonchev–Trinajstić information content (AvgIpc) is 2.06. The van der Waals surface area contributed by atoms with Gasteiger partial charge in [-0.1, -0.05) is 6.07 Å². The number of aliphatic hydroxyl groups is 1. The van der Waals surface area contributed by atoms with Crippen LogP contribution in [-0.2, 0) is 0 Å². The van der Waals surface area contributed by atoms with E-state index < -0.39 is 6.10 Å². The number of nitrogens with two attached hydrogens (primary N) is 1. The van der Waals surface area contributed by atoms with Crippen LogP contribution in [0.25, 0.3) is 0 Å². The second kappa shape index (κ2) is 4.54. The van der Waals surface area contributed by atoms with Crippen LogP contribution in [0.4, 0.5) is 0 Å². The van der Waals surface area contributed by atoms with Crippen molar-refractivity contribution in [2.24, 2.45) is 5.73 Å². The van der Waals surface area contributed by atoms with Gasteiger partial charge in [-0.25, -0.2) is 4.98 Å². The molecule has 4 heteroatoms. The van der Waals surface area contributed by atoms with Crippen molar-refractivity contribution in [3.8, 4) is 0 Å². The summed E-state index contributed by atoms with van der Waals surface area (Å²) in [6.45, 7) is 0.483. The van der Waals surface area contributed by atoms with Crippen LogP contribution in [0.2, 0.25) is 0 Å². The second-order valence-electron chi connectivity index (χ2n) is 2.51. The van der Waals surface area contributed by atoms with Gasteiger partial charge in [0, 0.05) is 6.20 Å². The van der Waals surface area contributed by atoms with Crippen molar-refractivity contribution in [2.75, 3.05) is 6.54 Å². The Hall–Kier alpha value is -0.450. The summed E-state index contributed by atoms with van der Waals surface area (Å²) in [5, 5.41) is 9.48. The van der Waals surface area contributed by atoms with Gasteiger partial charge in [-0.3, -0.25) is 0 Å². The molecule has 0 unspecified atom stereocenters. The first-order valence-corrected chi connectivity index (χ1v) is 4.53. The zero-order chi connectivity index (χ0) is 8.97. The van der Waals surface area contributed by atoms with Gasteiger partial charge in [0.2, 0.25) is 0 Å². The predicted octanol–water partition coefficient (Wildman–Crippen LogP) is 1.23. The summed E-state index contributed by atoms with van der Waals surface area (Å²) in [6, 6.07) is 3.63. The first-order chi connectivity index (χ1) is 5.74. The van der Waals surface area contributed by atoms with E-state index in [0.29, 0.717) is 13.0 Å². The molecule has 3 N–H and O–H groups in total. The highest BCUT2D eigenvalue weighted by Crippen LogP contribution is 2.16. The summed E-state index contributed by atoms with van der Waals surface area (Å²) in [6.07, 6.45) is 1.73. The van der Waals surface area contributed by atoms with Crippen LogP contribution >= 0.6 is 15.9 Å². The Morgan fingerprint density at radius 1 is 1.58 bits per heavy atom. The van der Waals surface area contributed by atoms with Gasteiger partial charge in [0.05, 0.1) is 6.10 Å². The molecule has 0 aromatic carbocycles. The SMILES string of the molecule is NCC[C@H](O)c1ccc(Br)nc1. The Morgan fingerprint density at radius 3 is 2.83 bits per heavy atom. The van der Waals surface area contributed by atoms with Gasteiger partial charge in [-0.15, -0.1) is 0 Å². The van der Waals surface area contributed by atoms with Crippen LogP contribution < -0.4 is 5.73 Å². The topological polar surface area (TPSA) is 59.1 Å². The van der Waals surface area contributed by atoms with Crippen molar-refractivity contribution in [2.45, 2.75) is 12.5 Å². The maximum absolute atomic E-state index is 9.48. The third-order valence-corrected chi connectivity index (χ3v) is 2.04. The van der Waals surface area contributed by atoms with Crippen molar-refractivity contribution in [1.82, 2.24) is 4.98 Å². The Kier molecular flexibility index (Phi) is 3.65. The standard InChI is InChI=1S/C8H11BrN2O/c9-8-2-1-6(5-11-8)7(12)3-4-10/h1-2,5,7,12H,3-4,10H2/t7-/m0/s1. The highest BCUT2D eigenvalue weighted by molar-refractivity contribution is 9.10. The average molecular weight is 231 g/mol. The maximum atomic E-state index is 9.48. The summed E-state index contributed by atoms with van der Waals surface area (Å²) < 4.78 is 0.770. The largest absolute Gasteiger partial charge is 0.388 e. The van der Waals surface area contributed by atoms with Crippen LogP contribution in [0.3, 0.4) is 0 Å².